The Morgan fingerprint density at radius 3 is 2.61 bits per heavy atom. The molecule has 0 bridgehead atoms. The van der Waals surface area contributed by atoms with E-state index in [-0.39, 0.29) is 0 Å². The Hall–Kier alpha value is -2.70. The minimum absolute atomic E-state index is 0.380. The van der Waals surface area contributed by atoms with Crippen LogP contribution in [0.25, 0.3) is 0 Å². The minimum Gasteiger partial charge on any atom is -0.493 e. The number of aromatic nitrogens is 2. The van der Waals surface area contributed by atoms with Crippen molar-refractivity contribution in [2.24, 2.45) is 12.0 Å². The summed E-state index contributed by atoms with van der Waals surface area (Å²) in [5.41, 5.74) is 3.32. The molecule has 0 radical (unpaired) electrons. The maximum atomic E-state index is 5.52. The largest absolute Gasteiger partial charge is 0.493 e. The van der Waals surface area contributed by atoms with Gasteiger partial charge in [-0.1, -0.05) is 26.0 Å². The highest BCUT2D eigenvalue weighted by molar-refractivity contribution is 5.79. The molecule has 2 rings (SSSR count). The van der Waals surface area contributed by atoms with Crippen LogP contribution in [0.5, 0.6) is 11.5 Å². The third kappa shape index (κ3) is 5.18. The molecule has 0 aliphatic rings. The van der Waals surface area contributed by atoms with E-state index in [1.54, 1.807) is 14.2 Å². The van der Waals surface area contributed by atoms with E-state index in [0.717, 1.165) is 36.1 Å². The van der Waals surface area contributed by atoms with Crippen molar-refractivity contribution >= 4 is 5.96 Å². The standard InChI is InChI=1S/C21H33N5O2/c1-8-22-21(23-12-16-10-9-11-18(27-6)20(16)28-7)25(4)13-17-14-26(5)24-19(17)15(2)3/h9-11,14-15H,8,12-13H2,1-7H3,(H,22,23). The fourth-order valence-electron chi connectivity index (χ4n) is 3.20. The van der Waals surface area contributed by atoms with Crippen LogP contribution in [0.1, 0.15) is 43.5 Å². The summed E-state index contributed by atoms with van der Waals surface area (Å²) in [5, 5.41) is 7.97. The lowest BCUT2D eigenvalue weighted by atomic mass is 10.1. The predicted molar refractivity (Wildman–Crippen MR) is 113 cm³/mol. The first-order valence-corrected chi connectivity index (χ1v) is 9.62. The smallest absolute Gasteiger partial charge is 0.194 e. The zero-order valence-electron chi connectivity index (χ0n) is 18.1. The number of hydrogen-bond acceptors (Lipinski definition) is 4. The Morgan fingerprint density at radius 1 is 1.25 bits per heavy atom. The van der Waals surface area contributed by atoms with Gasteiger partial charge >= 0.3 is 0 Å². The number of aliphatic imine (C=N–C) groups is 1. The molecular formula is C21H33N5O2. The molecule has 0 aliphatic carbocycles. The number of hydrogen-bond donors (Lipinski definition) is 1. The van der Waals surface area contributed by atoms with Crippen molar-refractivity contribution in [1.82, 2.24) is 20.0 Å². The van der Waals surface area contributed by atoms with Gasteiger partial charge in [-0.25, -0.2) is 4.99 Å². The molecular weight excluding hydrogens is 354 g/mol. The Bertz CT molecular complexity index is 798. The van der Waals surface area contributed by atoms with Crippen LogP contribution in [-0.4, -0.2) is 48.5 Å². The molecule has 1 aromatic carbocycles. The van der Waals surface area contributed by atoms with E-state index in [0.29, 0.717) is 18.2 Å². The second-order valence-electron chi connectivity index (χ2n) is 7.05. The van der Waals surface area contributed by atoms with Crippen LogP contribution < -0.4 is 14.8 Å². The van der Waals surface area contributed by atoms with E-state index in [9.17, 15) is 0 Å². The van der Waals surface area contributed by atoms with Gasteiger partial charge in [0.15, 0.2) is 17.5 Å². The monoisotopic (exact) mass is 387 g/mol. The molecule has 7 heteroatoms. The van der Waals surface area contributed by atoms with Crippen molar-refractivity contribution in [3.8, 4) is 11.5 Å². The Labute approximate surface area is 168 Å². The molecule has 0 unspecified atom stereocenters. The van der Waals surface area contributed by atoms with Gasteiger partial charge in [-0.2, -0.15) is 5.10 Å². The summed E-state index contributed by atoms with van der Waals surface area (Å²) >= 11 is 0. The second kappa shape index (κ2) is 10.0. The molecule has 0 atom stereocenters. The van der Waals surface area contributed by atoms with Gasteiger partial charge in [0, 0.05) is 44.5 Å². The van der Waals surface area contributed by atoms with E-state index in [2.05, 4.69) is 42.3 Å². The Balaban J connectivity index is 2.23. The Kier molecular flexibility index (Phi) is 7.72. The van der Waals surface area contributed by atoms with Crippen molar-refractivity contribution in [3.05, 3.63) is 41.2 Å². The fraction of sp³-hybridized carbons (Fsp3) is 0.524. The number of methoxy groups -OCH3 is 2. The van der Waals surface area contributed by atoms with Crippen LogP contribution in [-0.2, 0) is 20.1 Å². The normalized spacial score (nSPS) is 11.6. The average molecular weight is 388 g/mol. The van der Waals surface area contributed by atoms with Gasteiger partial charge in [0.1, 0.15) is 0 Å². The van der Waals surface area contributed by atoms with Gasteiger partial charge in [0.25, 0.3) is 0 Å². The average Bonchev–Trinajstić information content (AvgIpc) is 3.04. The zero-order chi connectivity index (χ0) is 20.7. The highest BCUT2D eigenvalue weighted by atomic mass is 16.5. The quantitative estimate of drug-likeness (QED) is 0.557. The van der Waals surface area contributed by atoms with Gasteiger partial charge in [0.2, 0.25) is 0 Å². The summed E-state index contributed by atoms with van der Waals surface area (Å²) in [5.74, 6) is 2.66. The van der Waals surface area contributed by atoms with Crippen molar-refractivity contribution in [2.75, 3.05) is 27.8 Å². The summed E-state index contributed by atoms with van der Waals surface area (Å²) in [6.07, 6.45) is 2.08. The first-order chi connectivity index (χ1) is 13.4. The third-order valence-corrected chi connectivity index (χ3v) is 4.47. The first kappa shape index (κ1) is 21.6. The fourth-order valence-corrected chi connectivity index (χ4v) is 3.20. The molecule has 0 fully saturated rings. The van der Waals surface area contributed by atoms with Crippen LogP contribution in [0.4, 0.5) is 0 Å². The van der Waals surface area contributed by atoms with Crippen molar-refractivity contribution in [2.45, 2.75) is 39.8 Å². The molecule has 154 valence electrons. The van der Waals surface area contributed by atoms with E-state index in [4.69, 9.17) is 14.5 Å². The number of aryl methyl sites for hydroxylation is 1. The lowest BCUT2D eigenvalue weighted by molar-refractivity contribution is 0.351. The molecule has 0 saturated heterocycles. The van der Waals surface area contributed by atoms with E-state index >= 15 is 0 Å². The van der Waals surface area contributed by atoms with Crippen LogP contribution >= 0.6 is 0 Å². The number of guanidine groups is 1. The molecule has 1 aromatic heterocycles. The summed E-state index contributed by atoms with van der Waals surface area (Å²) in [6, 6.07) is 5.85. The highest BCUT2D eigenvalue weighted by Crippen LogP contribution is 2.31. The number of nitrogens with one attached hydrogen (secondary N) is 1. The zero-order valence-corrected chi connectivity index (χ0v) is 18.1. The lowest BCUT2D eigenvalue weighted by Crippen LogP contribution is -2.38. The summed E-state index contributed by atoms with van der Waals surface area (Å²) in [6.45, 7) is 8.43. The first-order valence-electron chi connectivity index (χ1n) is 9.62. The molecule has 0 amide bonds. The van der Waals surface area contributed by atoms with E-state index in [1.165, 1.54) is 5.56 Å². The summed E-state index contributed by atoms with van der Waals surface area (Å²) < 4.78 is 12.8. The van der Waals surface area contributed by atoms with Gasteiger partial charge in [-0.15, -0.1) is 0 Å². The molecule has 7 nitrogen and oxygen atoms in total. The minimum atomic E-state index is 0.380. The van der Waals surface area contributed by atoms with Crippen LogP contribution in [0.3, 0.4) is 0 Å². The third-order valence-electron chi connectivity index (χ3n) is 4.47. The van der Waals surface area contributed by atoms with Gasteiger partial charge in [0.05, 0.1) is 26.5 Å². The van der Waals surface area contributed by atoms with Crippen molar-refractivity contribution < 1.29 is 9.47 Å². The number of rotatable bonds is 8. The maximum Gasteiger partial charge on any atom is 0.194 e. The van der Waals surface area contributed by atoms with Crippen molar-refractivity contribution in [3.63, 3.8) is 0 Å². The number of para-hydroxylation sites is 1. The van der Waals surface area contributed by atoms with Gasteiger partial charge in [-0.05, 0) is 18.9 Å². The number of ether oxygens (including phenoxy) is 2. The van der Waals surface area contributed by atoms with Gasteiger partial charge in [-0.3, -0.25) is 4.68 Å². The molecule has 2 aromatic rings. The molecule has 28 heavy (non-hydrogen) atoms. The predicted octanol–water partition coefficient (Wildman–Crippen LogP) is 3.16. The Morgan fingerprint density at radius 2 is 2.00 bits per heavy atom. The SMILES string of the molecule is CCNC(=NCc1cccc(OC)c1OC)N(C)Cc1cn(C)nc1C(C)C. The van der Waals surface area contributed by atoms with Crippen LogP contribution in [0.2, 0.25) is 0 Å². The number of nitrogens with zero attached hydrogens (tertiary/aromatic N) is 4. The number of benzene rings is 1. The molecule has 1 heterocycles. The van der Waals surface area contributed by atoms with Crippen LogP contribution in [0.15, 0.2) is 29.4 Å². The second-order valence-corrected chi connectivity index (χ2v) is 7.05. The molecule has 0 aliphatic heterocycles. The van der Waals surface area contributed by atoms with Gasteiger partial charge < -0.3 is 19.7 Å². The highest BCUT2D eigenvalue weighted by Gasteiger charge is 2.15. The molecule has 0 saturated carbocycles. The van der Waals surface area contributed by atoms with E-state index < -0.39 is 0 Å². The van der Waals surface area contributed by atoms with Crippen LogP contribution in [0, 0.1) is 0 Å². The summed E-state index contributed by atoms with van der Waals surface area (Å²) in [4.78, 5) is 6.94. The lowest BCUT2D eigenvalue weighted by Gasteiger charge is -2.22. The summed E-state index contributed by atoms with van der Waals surface area (Å²) in [7, 11) is 7.30. The molecule has 0 spiro atoms. The topological polar surface area (TPSA) is 63.9 Å². The van der Waals surface area contributed by atoms with E-state index in [1.807, 2.05) is 37.0 Å². The molecule has 1 N–H and O–H groups in total. The van der Waals surface area contributed by atoms with Crippen molar-refractivity contribution in [1.29, 1.82) is 0 Å². The maximum absolute atomic E-state index is 5.52.